The van der Waals surface area contributed by atoms with E-state index in [-0.39, 0.29) is 5.91 Å². The van der Waals surface area contributed by atoms with Crippen LogP contribution in [0.5, 0.6) is 0 Å². The van der Waals surface area contributed by atoms with Crippen LogP contribution in [0.3, 0.4) is 0 Å². The third kappa shape index (κ3) is 2.70. The van der Waals surface area contributed by atoms with Crippen LogP contribution in [-0.2, 0) is 0 Å². The lowest BCUT2D eigenvalue weighted by atomic mass is 10.2. The van der Waals surface area contributed by atoms with Gasteiger partial charge in [-0.05, 0) is 25.5 Å². The minimum atomic E-state index is -0.0893. The number of nitrogens with one attached hydrogen (secondary N) is 1. The summed E-state index contributed by atoms with van der Waals surface area (Å²) >= 11 is 5.68. The molecule has 0 radical (unpaired) electrons. The molecule has 0 saturated heterocycles. The standard InChI is InChI=1S/C10H13ClN2O/c1-3-6-12-10(14)8-4-5-9(11)13-7(8)2/h4-5H,3,6H2,1-2H3,(H,12,14). The molecule has 0 aliphatic carbocycles. The number of carbonyl (C=O) groups is 1. The van der Waals surface area contributed by atoms with Gasteiger partial charge in [0.15, 0.2) is 0 Å². The lowest BCUT2D eigenvalue weighted by molar-refractivity contribution is 0.0952. The van der Waals surface area contributed by atoms with E-state index in [4.69, 9.17) is 11.6 Å². The molecule has 14 heavy (non-hydrogen) atoms. The van der Waals surface area contributed by atoms with Crippen LogP contribution in [0.1, 0.15) is 29.4 Å². The predicted molar refractivity (Wildman–Crippen MR) is 56.6 cm³/mol. The van der Waals surface area contributed by atoms with Crippen molar-refractivity contribution in [3.05, 3.63) is 28.5 Å². The Bertz CT molecular complexity index is 339. The van der Waals surface area contributed by atoms with E-state index in [1.54, 1.807) is 19.1 Å². The first kappa shape index (κ1) is 11.0. The Kier molecular flexibility index (Phi) is 3.89. The van der Waals surface area contributed by atoms with E-state index in [0.717, 1.165) is 6.42 Å². The molecule has 0 bridgehead atoms. The number of aryl methyl sites for hydroxylation is 1. The van der Waals surface area contributed by atoms with Gasteiger partial charge in [0.25, 0.3) is 5.91 Å². The molecule has 1 aromatic rings. The summed E-state index contributed by atoms with van der Waals surface area (Å²) in [6.07, 6.45) is 0.922. The van der Waals surface area contributed by atoms with Crippen molar-refractivity contribution in [1.82, 2.24) is 10.3 Å². The molecule has 0 spiro atoms. The molecule has 1 N–H and O–H groups in total. The number of halogens is 1. The monoisotopic (exact) mass is 212 g/mol. The average Bonchev–Trinajstić information content (AvgIpc) is 2.14. The molecule has 76 valence electrons. The number of hydrogen-bond donors (Lipinski definition) is 1. The Morgan fingerprint density at radius 3 is 2.86 bits per heavy atom. The van der Waals surface area contributed by atoms with Crippen molar-refractivity contribution in [1.29, 1.82) is 0 Å². The molecule has 0 fully saturated rings. The molecule has 0 atom stereocenters. The minimum Gasteiger partial charge on any atom is -0.352 e. The highest BCUT2D eigenvalue weighted by atomic mass is 35.5. The van der Waals surface area contributed by atoms with Crippen molar-refractivity contribution in [3.63, 3.8) is 0 Å². The van der Waals surface area contributed by atoms with Crippen molar-refractivity contribution in [2.75, 3.05) is 6.54 Å². The number of carbonyl (C=O) groups excluding carboxylic acids is 1. The van der Waals surface area contributed by atoms with E-state index in [0.29, 0.717) is 23.0 Å². The van der Waals surface area contributed by atoms with Crippen molar-refractivity contribution in [3.8, 4) is 0 Å². The highest BCUT2D eigenvalue weighted by molar-refractivity contribution is 6.29. The molecule has 1 heterocycles. The first-order valence-corrected chi connectivity index (χ1v) is 4.94. The Hall–Kier alpha value is -1.09. The average molecular weight is 213 g/mol. The highest BCUT2D eigenvalue weighted by Gasteiger charge is 2.08. The van der Waals surface area contributed by atoms with Crippen LogP contribution in [0.2, 0.25) is 5.15 Å². The fourth-order valence-electron chi connectivity index (χ4n) is 1.10. The fourth-order valence-corrected chi connectivity index (χ4v) is 1.29. The molecule has 4 heteroatoms. The smallest absolute Gasteiger partial charge is 0.253 e. The first-order valence-electron chi connectivity index (χ1n) is 4.56. The van der Waals surface area contributed by atoms with Crippen molar-refractivity contribution in [2.24, 2.45) is 0 Å². The van der Waals surface area contributed by atoms with Crippen LogP contribution in [0.4, 0.5) is 0 Å². The molecule has 1 rings (SSSR count). The van der Waals surface area contributed by atoms with Gasteiger partial charge < -0.3 is 5.32 Å². The molecule has 0 aromatic carbocycles. The lowest BCUT2D eigenvalue weighted by Gasteiger charge is -2.05. The summed E-state index contributed by atoms with van der Waals surface area (Å²) in [5.74, 6) is -0.0893. The largest absolute Gasteiger partial charge is 0.352 e. The SMILES string of the molecule is CCCNC(=O)c1ccc(Cl)nc1C. The molecular weight excluding hydrogens is 200 g/mol. The van der Waals surface area contributed by atoms with E-state index in [1.165, 1.54) is 0 Å². The van der Waals surface area contributed by atoms with Crippen molar-refractivity contribution < 1.29 is 4.79 Å². The highest BCUT2D eigenvalue weighted by Crippen LogP contribution is 2.10. The van der Waals surface area contributed by atoms with Gasteiger partial charge in [-0.1, -0.05) is 18.5 Å². The van der Waals surface area contributed by atoms with Crippen LogP contribution in [-0.4, -0.2) is 17.4 Å². The Morgan fingerprint density at radius 2 is 2.29 bits per heavy atom. The molecule has 3 nitrogen and oxygen atoms in total. The zero-order chi connectivity index (χ0) is 10.6. The molecule has 1 amide bonds. The van der Waals surface area contributed by atoms with Gasteiger partial charge in [-0.3, -0.25) is 4.79 Å². The van der Waals surface area contributed by atoms with E-state index >= 15 is 0 Å². The summed E-state index contributed by atoms with van der Waals surface area (Å²) in [7, 11) is 0. The van der Waals surface area contributed by atoms with Gasteiger partial charge in [-0.2, -0.15) is 0 Å². The Balaban J connectivity index is 2.80. The van der Waals surface area contributed by atoms with Gasteiger partial charge in [0, 0.05) is 6.54 Å². The minimum absolute atomic E-state index is 0.0893. The quantitative estimate of drug-likeness (QED) is 0.781. The van der Waals surface area contributed by atoms with Crippen LogP contribution >= 0.6 is 11.6 Å². The normalized spacial score (nSPS) is 9.93. The summed E-state index contributed by atoms with van der Waals surface area (Å²) in [5, 5.41) is 3.20. The Morgan fingerprint density at radius 1 is 1.57 bits per heavy atom. The van der Waals surface area contributed by atoms with E-state index < -0.39 is 0 Å². The maximum atomic E-state index is 11.5. The van der Waals surface area contributed by atoms with Gasteiger partial charge in [0.1, 0.15) is 5.15 Å². The van der Waals surface area contributed by atoms with Crippen LogP contribution in [0.25, 0.3) is 0 Å². The van der Waals surface area contributed by atoms with Crippen molar-refractivity contribution >= 4 is 17.5 Å². The first-order chi connectivity index (χ1) is 6.65. The Labute approximate surface area is 88.5 Å². The molecular formula is C10H13ClN2O. The topological polar surface area (TPSA) is 42.0 Å². The number of amides is 1. The van der Waals surface area contributed by atoms with Gasteiger partial charge in [0.05, 0.1) is 11.3 Å². The van der Waals surface area contributed by atoms with E-state index in [9.17, 15) is 4.79 Å². The number of hydrogen-bond acceptors (Lipinski definition) is 2. The van der Waals surface area contributed by atoms with E-state index in [2.05, 4.69) is 10.3 Å². The van der Waals surface area contributed by atoms with Crippen molar-refractivity contribution in [2.45, 2.75) is 20.3 Å². The summed E-state index contributed by atoms with van der Waals surface area (Å²) in [6, 6.07) is 3.31. The summed E-state index contributed by atoms with van der Waals surface area (Å²) < 4.78 is 0. The van der Waals surface area contributed by atoms with Gasteiger partial charge in [-0.15, -0.1) is 0 Å². The number of nitrogens with zero attached hydrogens (tertiary/aromatic N) is 1. The predicted octanol–water partition coefficient (Wildman–Crippen LogP) is 2.18. The summed E-state index contributed by atoms with van der Waals surface area (Å²) in [6.45, 7) is 4.46. The molecule has 0 saturated carbocycles. The summed E-state index contributed by atoms with van der Waals surface area (Å²) in [4.78, 5) is 15.5. The third-order valence-electron chi connectivity index (χ3n) is 1.83. The number of pyridine rings is 1. The lowest BCUT2D eigenvalue weighted by Crippen LogP contribution is -2.25. The number of rotatable bonds is 3. The van der Waals surface area contributed by atoms with Crippen LogP contribution in [0, 0.1) is 6.92 Å². The molecule has 0 unspecified atom stereocenters. The molecule has 0 aliphatic heterocycles. The van der Waals surface area contributed by atoms with Gasteiger partial charge in [0.2, 0.25) is 0 Å². The molecule has 1 aromatic heterocycles. The zero-order valence-corrected chi connectivity index (χ0v) is 9.06. The van der Waals surface area contributed by atoms with Crippen LogP contribution in [0.15, 0.2) is 12.1 Å². The van der Waals surface area contributed by atoms with Gasteiger partial charge in [-0.25, -0.2) is 4.98 Å². The second kappa shape index (κ2) is 4.96. The second-order valence-electron chi connectivity index (χ2n) is 3.02. The maximum Gasteiger partial charge on any atom is 0.253 e. The second-order valence-corrected chi connectivity index (χ2v) is 3.41. The fraction of sp³-hybridized carbons (Fsp3) is 0.400. The summed E-state index contributed by atoms with van der Waals surface area (Å²) in [5.41, 5.74) is 1.24. The maximum absolute atomic E-state index is 11.5. The number of aromatic nitrogens is 1. The van der Waals surface area contributed by atoms with Gasteiger partial charge >= 0.3 is 0 Å². The van der Waals surface area contributed by atoms with E-state index in [1.807, 2.05) is 6.92 Å². The van der Waals surface area contributed by atoms with Crippen LogP contribution < -0.4 is 5.32 Å². The molecule has 0 aliphatic rings. The third-order valence-corrected chi connectivity index (χ3v) is 2.04. The zero-order valence-electron chi connectivity index (χ0n) is 8.30.